The molecule has 0 atom stereocenters. The van der Waals surface area contributed by atoms with E-state index >= 15 is 0 Å². The van der Waals surface area contributed by atoms with Gasteiger partial charge in [-0.1, -0.05) is 18.2 Å². The van der Waals surface area contributed by atoms with Gasteiger partial charge in [0.05, 0.1) is 16.0 Å². The van der Waals surface area contributed by atoms with Gasteiger partial charge in [0, 0.05) is 23.6 Å². The Kier molecular flexibility index (Phi) is 5.42. The molecule has 1 aromatic heterocycles. The minimum Gasteiger partial charge on any atom is -0.410 e. The van der Waals surface area contributed by atoms with E-state index < -0.39 is 11.0 Å². The molecule has 9 nitrogen and oxygen atoms in total. The first-order chi connectivity index (χ1) is 14.5. The number of fused-ring (bicyclic) bond motifs is 1. The third-order valence-corrected chi connectivity index (χ3v) is 5.38. The number of rotatable bonds is 6. The summed E-state index contributed by atoms with van der Waals surface area (Å²) in [5.41, 5.74) is 0.627. The van der Waals surface area contributed by atoms with Crippen molar-refractivity contribution < 1.29 is 14.5 Å². The molecule has 3 aromatic rings. The maximum Gasteiger partial charge on any atom is 0.412 e. The third kappa shape index (κ3) is 4.29. The number of carbonyl (C=O) groups is 1. The molecule has 1 heterocycles. The van der Waals surface area contributed by atoms with Gasteiger partial charge < -0.3 is 10.1 Å². The number of nitro groups is 1. The van der Waals surface area contributed by atoms with Crippen LogP contribution in [-0.2, 0) is 6.42 Å². The number of nitrogens with one attached hydrogen (secondary N) is 2. The largest absolute Gasteiger partial charge is 0.412 e. The smallest absolute Gasteiger partial charge is 0.410 e. The molecule has 0 unspecified atom stereocenters. The third-order valence-electron chi connectivity index (χ3n) is 5.38. The molecule has 154 valence electrons. The van der Waals surface area contributed by atoms with E-state index in [4.69, 9.17) is 4.74 Å². The Morgan fingerprint density at radius 2 is 1.87 bits per heavy atom. The maximum absolute atomic E-state index is 12.0. The van der Waals surface area contributed by atoms with Crippen LogP contribution in [0.15, 0.2) is 53.3 Å². The van der Waals surface area contributed by atoms with Crippen LogP contribution in [0.2, 0.25) is 0 Å². The molecule has 0 radical (unpaired) electrons. The van der Waals surface area contributed by atoms with Crippen molar-refractivity contribution in [3.8, 4) is 5.75 Å². The van der Waals surface area contributed by atoms with Gasteiger partial charge in [-0.25, -0.2) is 9.89 Å². The van der Waals surface area contributed by atoms with Crippen molar-refractivity contribution in [1.29, 1.82) is 0 Å². The fourth-order valence-electron chi connectivity index (χ4n) is 3.73. The Hall–Kier alpha value is -3.75. The molecule has 0 bridgehead atoms. The summed E-state index contributed by atoms with van der Waals surface area (Å²) in [5, 5.41) is 21.7. The summed E-state index contributed by atoms with van der Waals surface area (Å²) in [6, 6.07) is 12.8. The zero-order valence-corrected chi connectivity index (χ0v) is 16.0. The summed E-state index contributed by atoms with van der Waals surface area (Å²) in [7, 11) is 0. The summed E-state index contributed by atoms with van der Waals surface area (Å²) in [4.78, 5) is 34.0. The van der Waals surface area contributed by atoms with Gasteiger partial charge in [0.15, 0.2) is 0 Å². The minimum absolute atomic E-state index is 0.0424. The molecular formula is C21H20N4O5. The minimum atomic E-state index is -0.569. The molecule has 1 saturated carbocycles. The van der Waals surface area contributed by atoms with E-state index in [-0.39, 0.29) is 23.0 Å². The molecule has 9 heteroatoms. The quantitative estimate of drug-likeness (QED) is 0.476. The number of ether oxygens (including phenoxy) is 1. The first kappa shape index (κ1) is 19.6. The van der Waals surface area contributed by atoms with Gasteiger partial charge in [-0.15, -0.1) is 0 Å². The summed E-state index contributed by atoms with van der Waals surface area (Å²) >= 11 is 0. The van der Waals surface area contributed by atoms with Crippen molar-refractivity contribution >= 4 is 22.6 Å². The van der Waals surface area contributed by atoms with Crippen molar-refractivity contribution in [2.24, 2.45) is 5.92 Å². The number of aromatic nitrogens is 2. The number of nitro benzene ring substituents is 1. The number of H-pyrrole nitrogens is 1. The van der Waals surface area contributed by atoms with E-state index in [1.54, 1.807) is 6.07 Å². The van der Waals surface area contributed by atoms with Crippen LogP contribution < -0.4 is 15.6 Å². The topological polar surface area (TPSA) is 127 Å². The number of benzene rings is 2. The zero-order valence-electron chi connectivity index (χ0n) is 16.0. The molecule has 0 aliphatic heterocycles. The highest BCUT2D eigenvalue weighted by Gasteiger charge is 2.30. The first-order valence-corrected chi connectivity index (χ1v) is 9.68. The van der Waals surface area contributed by atoms with Crippen LogP contribution in [0.5, 0.6) is 5.75 Å². The van der Waals surface area contributed by atoms with Crippen molar-refractivity contribution in [3.05, 3.63) is 74.7 Å². The molecule has 30 heavy (non-hydrogen) atoms. The molecule has 1 aliphatic carbocycles. The van der Waals surface area contributed by atoms with E-state index in [0.717, 1.165) is 36.8 Å². The number of hydrogen-bond acceptors (Lipinski definition) is 6. The predicted octanol–water partition coefficient (Wildman–Crippen LogP) is 3.33. The van der Waals surface area contributed by atoms with Crippen molar-refractivity contribution in [2.75, 3.05) is 0 Å². The number of non-ortho nitro benzene ring substituents is 1. The fourth-order valence-corrected chi connectivity index (χ4v) is 3.73. The lowest BCUT2D eigenvalue weighted by molar-refractivity contribution is -0.384. The first-order valence-electron chi connectivity index (χ1n) is 9.68. The molecule has 4 rings (SSSR count). The lowest BCUT2D eigenvalue weighted by Gasteiger charge is -2.35. The van der Waals surface area contributed by atoms with Crippen LogP contribution in [0, 0.1) is 16.0 Å². The van der Waals surface area contributed by atoms with E-state index in [0.29, 0.717) is 11.3 Å². The molecule has 0 saturated heterocycles. The summed E-state index contributed by atoms with van der Waals surface area (Å²) in [6.45, 7) is 0. The van der Waals surface area contributed by atoms with E-state index in [9.17, 15) is 19.7 Å². The molecule has 1 aliphatic rings. The molecule has 2 N–H and O–H groups in total. The second-order valence-corrected chi connectivity index (χ2v) is 7.40. The van der Waals surface area contributed by atoms with Crippen molar-refractivity contribution in [3.63, 3.8) is 0 Å². The second kappa shape index (κ2) is 8.32. The van der Waals surface area contributed by atoms with Crippen LogP contribution in [-0.4, -0.2) is 27.3 Å². The maximum atomic E-state index is 12.0. The molecule has 1 fully saturated rings. The van der Waals surface area contributed by atoms with Gasteiger partial charge in [0.1, 0.15) is 5.75 Å². The Morgan fingerprint density at radius 3 is 2.57 bits per heavy atom. The van der Waals surface area contributed by atoms with Crippen molar-refractivity contribution in [2.45, 2.75) is 31.7 Å². The predicted molar refractivity (Wildman–Crippen MR) is 109 cm³/mol. The molecule has 2 aromatic carbocycles. The SMILES string of the molecule is O=C(NC1CC(CCc2n[nH]c(=O)c3ccccc23)C1)Oc1ccc([N+](=O)[O-])cc1. The number of aromatic amines is 1. The number of aryl methyl sites for hydroxylation is 1. The Labute approximate surface area is 171 Å². The van der Waals surface area contributed by atoms with E-state index in [1.807, 2.05) is 18.2 Å². The standard InChI is InChI=1S/C21H20N4O5/c26-20-18-4-2-1-3-17(18)19(23-24-20)10-5-13-11-14(12-13)22-21(27)30-16-8-6-15(7-9-16)25(28)29/h1-4,6-9,13-14H,5,10-12H2,(H,22,27)(H,24,26). The van der Waals surface area contributed by atoms with E-state index in [2.05, 4.69) is 15.5 Å². The van der Waals surface area contributed by atoms with Crippen LogP contribution in [0.3, 0.4) is 0 Å². The highest BCUT2D eigenvalue weighted by Crippen LogP contribution is 2.32. The van der Waals surface area contributed by atoms with Gasteiger partial charge in [-0.2, -0.15) is 5.10 Å². The van der Waals surface area contributed by atoms with Crippen LogP contribution in [0.1, 0.15) is 25.0 Å². The fraction of sp³-hybridized carbons (Fsp3) is 0.286. The zero-order chi connectivity index (χ0) is 21.1. The Balaban J connectivity index is 1.24. The lowest BCUT2D eigenvalue weighted by atomic mass is 9.77. The average Bonchev–Trinajstić information content (AvgIpc) is 2.71. The highest BCUT2D eigenvalue weighted by molar-refractivity contribution is 5.83. The number of amides is 1. The molecule has 0 spiro atoms. The number of carbonyl (C=O) groups excluding carboxylic acids is 1. The van der Waals surface area contributed by atoms with Gasteiger partial charge in [-0.05, 0) is 49.8 Å². The van der Waals surface area contributed by atoms with Gasteiger partial charge >= 0.3 is 6.09 Å². The molecule has 1 amide bonds. The summed E-state index contributed by atoms with van der Waals surface area (Å²) in [6.07, 6.45) is 2.79. The van der Waals surface area contributed by atoms with Crippen LogP contribution in [0.4, 0.5) is 10.5 Å². The van der Waals surface area contributed by atoms with Crippen LogP contribution in [0.25, 0.3) is 10.8 Å². The second-order valence-electron chi connectivity index (χ2n) is 7.40. The Bertz CT molecular complexity index is 1140. The monoisotopic (exact) mass is 408 g/mol. The normalized spacial score (nSPS) is 17.9. The average molecular weight is 408 g/mol. The van der Waals surface area contributed by atoms with E-state index in [1.165, 1.54) is 24.3 Å². The number of hydrogen-bond donors (Lipinski definition) is 2. The summed E-state index contributed by atoms with van der Waals surface area (Å²) < 4.78 is 5.16. The van der Waals surface area contributed by atoms with Gasteiger partial charge in [0.25, 0.3) is 11.2 Å². The Morgan fingerprint density at radius 1 is 1.17 bits per heavy atom. The molecular weight excluding hydrogens is 388 g/mol. The lowest BCUT2D eigenvalue weighted by Crippen LogP contribution is -2.45. The summed E-state index contributed by atoms with van der Waals surface area (Å²) in [5.74, 6) is 0.715. The highest BCUT2D eigenvalue weighted by atomic mass is 16.6. The van der Waals surface area contributed by atoms with Gasteiger partial charge in [-0.3, -0.25) is 14.9 Å². The van der Waals surface area contributed by atoms with Crippen molar-refractivity contribution in [1.82, 2.24) is 15.5 Å². The van der Waals surface area contributed by atoms with Crippen LogP contribution >= 0.6 is 0 Å². The number of nitrogens with zero attached hydrogens (tertiary/aromatic N) is 2. The van der Waals surface area contributed by atoms with Gasteiger partial charge in [0.2, 0.25) is 0 Å².